The number of hydrogen-bond donors (Lipinski definition) is 2. The first-order chi connectivity index (χ1) is 7.92. The Bertz CT molecular complexity index is 219. The van der Waals surface area contributed by atoms with Gasteiger partial charge in [0.25, 0.3) is 0 Å². The Balaban J connectivity index is 3.89. The molecule has 0 saturated carbocycles. The maximum absolute atomic E-state index is 11.2. The fourth-order valence-corrected chi connectivity index (χ4v) is 1.80. The van der Waals surface area contributed by atoms with Gasteiger partial charge in [0.2, 0.25) is 0 Å². The van der Waals surface area contributed by atoms with Gasteiger partial charge in [-0.25, -0.2) is 0 Å². The first kappa shape index (κ1) is 16.4. The van der Waals surface area contributed by atoms with Gasteiger partial charge < -0.3 is 9.84 Å². The molecule has 0 aliphatic carbocycles. The van der Waals surface area contributed by atoms with Crippen molar-refractivity contribution in [2.24, 2.45) is 5.92 Å². The third kappa shape index (κ3) is 7.34. The van der Waals surface area contributed by atoms with Crippen LogP contribution in [0.2, 0.25) is 0 Å². The van der Waals surface area contributed by atoms with Crippen LogP contribution in [0.4, 0.5) is 0 Å². The molecule has 0 bridgehead atoms. The zero-order valence-corrected chi connectivity index (χ0v) is 11.6. The lowest BCUT2D eigenvalue weighted by Crippen LogP contribution is -2.51. The number of carboxylic acids is 1. The summed E-state index contributed by atoms with van der Waals surface area (Å²) < 4.78 is 5.40. The van der Waals surface area contributed by atoms with Crippen molar-refractivity contribution in [2.45, 2.75) is 52.5 Å². The van der Waals surface area contributed by atoms with Crippen LogP contribution >= 0.6 is 0 Å². The molecule has 1 unspecified atom stereocenters. The molecule has 0 aliphatic rings. The van der Waals surface area contributed by atoms with Crippen LogP contribution in [0.1, 0.15) is 47.0 Å². The Hall–Kier alpha value is -0.610. The number of nitrogens with one attached hydrogen (secondary N) is 1. The molecule has 0 fully saturated rings. The summed E-state index contributed by atoms with van der Waals surface area (Å²) in [5.41, 5.74) is -0.845. The molecule has 0 saturated heterocycles. The normalized spacial score (nSPS) is 14.9. The summed E-state index contributed by atoms with van der Waals surface area (Å²) in [6, 6.07) is 0. The molecule has 4 heteroatoms. The minimum absolute atomic E-state index is 0.351. The molecule has 0 aromatic heterocycles. The molecule has 1 atom stereocenters. The number of aliphatic carboxylic acids is 1. The quantitative estimate of drug-likeness (QED) is 0.580. The molecule has 2 N–H and O–H groups in total. The van der Waals surface area contributed by atoms with Gasteiger partial charge in [-0.15, -0.1) is 0 Å². The third-order valence-corrected chi connectivity index (χ3v) is 2.69. The van der Waals surface area contributed by atoms with E-state index >= 15 is 0 Å². The van der Waals surface area contributed by atoms with Crippen LogP contribution in [0, 0.1) is 5.92 Å². The van der Waals surface area contributed by atoms with Crippen molar-refractivity contribution in [2.75, 3.05) is 19.8 Å². The van der Waals surface area contributed by atoms with Gasteiger partial charge in [-0.3, -0.25) is 10.1 Å². The first-order valence-corrected chi connectivity index (χ1v) is 6.48. The van der Waals surface area contributed by atoms with Crippen LogP contribution in [-0.2, 0) is 9.53 Å². The van der Waals surface area contributed by atoms with Crippen molar-refractivity contribution in [1.82, 2.24) is 5.32 Å². The summed E-state index contributed by atoms with van der Waals surface area (Å²) in [5.74, 6) is -0.440. The van der Waals surface area contributed by atoms with Crippen LogP contribution in [0.15, 0.2) is 0 Å². The van der Waals surface area contributed by atoms with Gasteiger partial charge in [0.1, 0.15) is 5.54 Å². The van der Waals surface area contributed by atoms with E-state index < -0.39 is 11.5 Å². The highest BCUT2D eigenvalue weighted by molar-refractivity contribution is 5.78. The number of ether oxygens (including phenoxy) is 1. The molecular formula is C13H27NO3. The predicted molar refractivity (Wildman–Crippen MR) is 69.2 cm³/mol. The van der Waals surface area contributed by atoms with Crippen molar-refractivity contribution < 1.29 is 14.6 Å². The highest BCUT2D eigenvalue weighted by Crippen LogP contribution is 2.16. The molecule has 0 amide bonds. The predicted octanol–water partition coefficient (Wildman–Crippen LogP) is 2.28. The van der Waals surface area contributed by atoms with Crippen molar-refractivity contribution in [1.29, 1.82) is 0 Å². The van der Waals surface area contributed by atoms with E-state index in [2.05, 4.69) is 12.2 Å². The molecule has 17 heavy (non-hydrogen) atoms. The summed E-state index contributed by atoms with van der Waals surface area (Å²) in [4.78, 5) is 11.2. The van der Waals surface area contributed by atoms with E-state index in [0.717, 1.165) is 19.4 Å². The molecule has 0 rings (SSSR count). The van der Waals surface area contributed by atoms with Gasteiger partial charge in [-0.2, -0.15) is 0 Å². The molecule has 0 heterocycles. The number of rotatable bonds is 10. The number of hydrogen-bond acceptors (Lipinski definition) is 3. The van der Waals surface area contributed by atoms with Gasteiger partial charge in [0, 0.05) is 13.2 Å². The lowest BCUT2D eigenvalue weighted by molar-refractivity contribution is -0.145. The average molecular weight is 245 g/mol. The standard InChI is InChI=1S/C13H27NO3/c1-5-6-8-17-9-7-14-13(4,12(15)16)10-11(2)3/h11,14H,5-10H2,1-4H3,(H,15,16). The van der Waals surface area contributed by atoms with E-state index in [4.69, 9.17) is 4.74 Å². The highest BCUT2D eigenvalue weighted by atomic mass is 16.5. The number of unbranched alkanes of at least 4 members (excludes halogenated alkanes) is 1. The molecule has 0 aromatic carbocycles. The largest absolute Gasteiger partial charge is 0.480 e. The SMILES string of the molecule is CCCCOCCNC(C)(CC(C)C)C(=O)O. The van der Waals surface area contributed by atoms with E-state index in [1.54, 1.807) is 6.92 Å². The molecule has 0 aliphatic heterocycles. The van der Waals surface area contributed by atoms with Gasteiger partial charge in [0.15, 0.2) is 0 Å². The van der Waals surface area contributed by atoms with Crippen LogP contribution in [0.25, 0.3) is 0 Å². The smallest absolute Gasteiger partial charge is 0.323 e. The van der Waals surface area contributed by atoms with Crippen LogP contribution in [0.5, 0.6) is 0 Å². The summed E-state index contributed by atoms with van der Waals surface area (Å²) in [7, 11) is 0. The highest BCUT2D eigenvalue weighted by Gasteiger charge is 2.32. The second kappa shape index (κ2) is 8.48. The van der Waals surface area contributed by atoms with Crippen LogP contribution < -0.4 is 5.32 Å². The minimum Gasteiger partial charge on any atom is -0.480 e. The van der Waals surface area contributed by atoms with Crippen molar-refractivity contribution in [3.05, 3.63) is 0 Å². The summed E-state index contributed by atoms with van der Waals surface area (Å²) in [6.45, 7) is 9.82. The lowest BCUT2D eigenvalue weighted by atomic mass is 9.91. The van der Waals surface area contributed by atoms with E-state index in [1.807, 2.05) is 13.8 Å². The summed E-state index contributed by atoms with van der Waals surface area (Å²) in [5, 5.41) is 12.3. The zero-order chi connectivity index (χ0) is 13.3. The second-order valence-electron chi connectivity index (χ2n) is 5.13. The molecule has 4 nitrogen and oxygen atoms in total. The van der Waals surface area contributed by atoms with E-state index in [0.29, 0.717) is 25.5 Å². The Morgan fingerprint density at radius 2 is 2.06 bits per heavy atom. The van der Waals surface area contributed by atoms with Gasteiger partial charge in [-0.05, 0) is 25.7 Å². The van der Waals surface area contributed by atoms with Crippen molar-refractivity contribution in [3.8, 4) is 0 Å². The summed E-state index contributed by atoms with van der Waals surface area (Å²) >= 11 is 0. The van der Waals surface area contributed by atoms with Crippen LogP contribution in [-0.4, -0.2) is 36.4 Å². The van der Waals surface area contributed by atoms with E-state index in [-0.39, 0.29) is 0 Å². The number of carbonyl (C=O) groups is 1. The van der Waals surface area contributed by atoms with Gasteiger partial charge in [0.05, 0.1) is 6.61 Å². The number of carboxylic acid groups (broad SMARTS) is 1. The maximum atomic E-state index is 11.2. The Morgan fingerprint density at radius 3 is 2.53 bits per heavy atom. The Kier molecular flexibility index (Phi) is 8.17. The van der Waals surface area contributed by atoms with Crippen molar-refractivity contribution in [3.63, 3.8) is 0 Å². The zero-order valence-electron chi connectivity index (χ0n) is 11.6. The second-order valence-corrected chi connectivity index (χ2v) is 5.13. The molecule has 0 aromatic rings. The van der Waals surface area contributed by atoms with Gasteiger partial charge >= 0.3 is 5.97 Å². The molecule has 102 valence electrons. The van der Waals surface area contributed by atoms with E-state index in [9.17, 15) is 9.90 Å². The minimum atomic E-state index is -0.845. The fourth-order valence-electron chi connectivity index (χ4n) is 1.80. The Morgan fingerprint density at radius 1 is 1.41 bits per heavy atom. The maximum Gasteiger partial charge on any atom is 0.323 e. The lowest BCUT2D eigenvalue weighted by Gasteiger charge is -2.28. The molecule has 0 radical (unpaired) electrons. The molecule has 0 spiro atoms. The third-order valence-electron chi connectivity index (χ3n) is 2.69. The van der Waals surface area contributed by atoms with Gasteiger partial charge in [-0.1, -0.05) is 27.2 Å². The fraction of sp³-hybridized carbons (Fsp3) is 0.923. The Labute approximate surface area is 105 Å². The van der Waals surface area contributed by atoms with Crippen LogP contribution in [0.3, 0.4) is 0 Å². The van der Waals surface area contributed by atoms with E-state index in [1.165, 1.54) is 0 Å². The molecular weight excluding hydrogens is 218 g/mol. The topological polar surface area (TPSA) is 58.6 Å². The van der Waals surface area contributed by atoms with Crippen molar-refractivity contribution >= 4 is 5.97 Å². The summed E-state index contributed by atoms with van der Waals surface area (Å²) in [6.07, 6.45) is 2.80. The average Bonchev–Trinajstić information content (AvgIpc) is 2.22. The monoisotopic (exact) mass is 245 g/mol. The first-order valence-electron chi connectivity index (χ1n) is 6.48.